The number of ether oxygens (including phenoxy) is 1. The Kier molecular flexibility index (Phi) is 8.34. The third kappa shape index (κ3) is 6.14. The van der Waals surface area contributed by atoms with E-state index in [9.17, 15) is 18.0 Å². The van der Waals surface area contributed by atoms with Crippen molar-refractivity contribution < 1.29 is 27.2 Å². The Bertz CT molecular complexity index is 1440. The lowest BCUT2D eigenvalue weighted by atomic mass is 10.0. The molecule has 12 heteroatoms. The summed E-state index contributed by atoms with van der Waals surface area (Å²) in [5, 5.41) is 0. The molecule has 1 amide bonds. The molecule has 0 radical (unpaired) electrons. The van der Waals surface area contributed by atoms with Crippen LogP contribution in [0.3, 0.4) is 0 Å². The lowest BCUT2D eigenvalue weighted by molar-refractivity contribution is -0.201. The van der Waals surface area contributed by atoms with Gasteiger partial charge in [-0.2, -0.15) is 0 Å². The molecule has 1 aliphatic heterocycles. The topological polar surface area (TPSA) is 129 Å². The van der Waals surface area contributed by atoms with E-state index in [4.69, 9.17) is 9.57 Å². The van der Waals surface area contributed by atoms with E-state index in [-0.39, 0.29) is 18.5 Å². The standard InChI is InChI=1S/C26H29FN4O6S/c1-26(38(2,34)35,25(33)30-37-23-6-3-4-15-36-23)11-14-31-17-21(27)20(16-22(31)32)18-7-9-19(10-8-18)24-28-12-5-13-29-24/h5,7-10,12-13,16-17,23H,3-4,6,11,14-15H2,1-2H3,(H,30,33)/t23?,26-/m1/s1. The van der Waals surface area contributed by atoms with E-state index < -0.39 is 38.2 Å². The number of carbonyl (C=O) groups is 1. The van der Waals surface area contributed by atoms with Crippen LogP contribution in [-0.2, 0) is 30.8 Å². The summed E-state index contributed by atoms with van der Waals surface area (Å²) < 4.78 is 44.7. The third-order valence-electron chi connectivity index (χ3n) is 6.65. The molecular weight excluding hydrogens is 515 g/mol. The molecule has 1 fully saturated rings. The van der Waals surface area contributed by atoms with Gasteiger partial charge in [0.2, 0.25) is 0 Å². The number of nitrogens with zero attached hydrogens (tertiary/aromatic N) is 3. The van der Waals surface area contributed by atoms with Crippen LogP contribution in [0.15, 0.2) is 59.8 Å². The van der Waals surface area contributed by atoms with E-state index in [0.717, 1.165) is 41.5 Å². The molecule has 0 bridgehead atoms. The van der Waals surface area contributed by atoms with Crippen molar-refractivity contribution in [3.8, 4) is 22.5 Å². The number of pyridine rings is 1. The molecule has 1 aliphatic rings. The van der Waals surface area contributed by atoms with Crippen molar-refractivity contribution in [2.24, 2.45) is 0 Å². The molecule has 0 spiro atoms. The molecule has 1 N–H and O–H groups in total. The first-order chi connectivity index (χ1) is 18.1. The number of aryl methyl sites for hydroxylation is 1. The summed E-state index contributed by atoms with van der Waals surface area (Å²) >= 11 is 0. The zero-order valence-electron chi connectivity index (χ0n) is 21.1. The molecule has 2 atom stereocenters. The minimum Gasteiger partial charge on any atom is -0.350 e. The normalized spacial score (nSPS) is 17.5. The number of rotatable bonds is 9. The Balaban J connectivity index is 1.49. The minimum absolute atomic E-state index is 0.0938. The molecule has 1 unspecified atom stereocenters. The second-order valence-electron chi connectivity index (χ2n) is 9.31. The number of amides is 1. The maximum absolute atomic E-state index is 15.1. The Morgan fingerprint density at radius 2 is 1.89 bits per heavy atom. The van der Waals surface area contributed by atoms with Crippen LogP contribution in [0.4, 0.5) is 4.39 Å². The fourth-order valence-electron chi connectivity index (χ4n) is 4.02. The monoisotopic (exact) mass is 544 g/mol. The number of benzene rings is 1. The summed E-state index contributed by atoms with van der Waals surface area (Å²) in [4.78, 5) is 39.3. The van der Waals surface area contributed by atoms with E-state index in [1.54, 1.807) is 42.7 Å². The van der Waals surface area contributed by atoms with E-state index in [1.165, 1.54) is 6.92 Å². The lowest BCUT2D eigenvalue weighted by Gasteiger charge is -2.28. The van der Waals surface area contributed by atoms with Gasteiger partial charge in [0.1, 0.15) is 5.82 Å². The van der Waals surface area contributed by atoms with E-state index in [2.05, 4.69) is 15.4 Å². The van der Waals surface area contributed by atoms with Gasteiger partial charge < -0.3 is 9.30 Å². The zero-order valence-corrected chi connectivity index (χ0v) is 21.9. The van der Waals surface area contributed by atoms with E-state index in [1.807, 2.05) is 0 Å². The Labute approximate surface area is 219 Å². The second kappa shape index (κ2) is 11.5. The fourth-order valence-corrected chi connectivity index (χ4v) is 4.86. The first-order valence-electron chi connectivity index (χ1n) is 12.1. The average molecular weight is 545 g/mol. The van der Waals surface area contributed by atoms with Crippen LogP contribution in [0.5, 0.6) is 0 Å². The van der Waals surface area contributed by atoms with Crippen LogP contribution < -0.4 is 11.0 Å². The SMILES string of the molecule is C[C@@](CCn1cc(F)c(-c2ccc(-c3ncccn3)cc2)cc1=O)(C(=O)NOC1CCCCO1)S(C)(=O)=O. The van der Waals surface area contributed by atoms with Crippen LogP contribution in [0.2, 0.25) is 0 Å². The molecular formula is C26H29FN4O6S. The summed E-state index contributed by atoms with van der Waals surface area (Å²) in [5.41, 5.74) is 2.96. The van der Waals surface area contributed by atoms with Crippen LogP contribution in [0, 0.1) is 5.82 Å². The summed E-state index contributed by atoms with van der Waals surface area (Å²) in [6.45, 7) is 1.52. The van der Waals surface area contributed by atoms with Gasteiger partial charge in [0.05, 0.1) is 0 Å². The Morgan fingerprint density at radius 1 is 1.21 bits per heavy atom. The van der Waals surface area contributed by atoms with Crippen molar-refractivity contribution in [1.29, 1.82) is 0 Å². The van der Waals surface area contributed by atoms with Gasteiger partial charge >= 0.3 is 0 Å². The highest BCUT2D eigenvalue weighted by atomic mass is 32.2. The van der Waals surface area contributed by atoms with Gasteiger partial charge in [-0.25, -0.2) is 33.1 Å². The van der Waals surface area contributed by atoms with E-state index in [0.29, 0.717) is 24.4 Å². The van der Waals surface area contributed by atoms with Crippen molar-refractivity contribution in [2.75, 3.05) is 12.9 Å². The fraction of sp³-hybridized carbons (Fsp3) is 0.385. The number of hydrogen-bond donors (Lipinski definition) is 1. The van der Waals surface area contributed by atoms with Crippen LogP contribution >= 0.6 is 0 Å². The minimum atomic E-state index is -3.94. The maximum Gasteiger partial charge on any atom is 0.264 e. The summed E-state index contributed by atoms with van der Waals surface area (Å²) in [7, 11) is -3.94. The smallest absolute Gasteiger partial charge is 0.264 e. The highest BCUT2D eigenvalue weighted by molar-refractivity contribution is 7.92. The number of hydrogen-bond acceptors (Lipinski definition) is 8. The summed E-state index contributed by atoms with van der Waals surface area (Å²) in [6, 6.07) is 9.63. The van der Waals surface area contributed by atoms with Gasteiger partial charge in [-0.15, -0.1) is 0 Å². The maximum atomic E-state index is 15.1. The first-order valence-corrected chi connectivity index (χ1v) is 14.0. The van der Waals surface area contributed by atoms with Gasteiger partial charge in [-0.05, 0) is 37.8 Å². The van der Waals surface area contributed by atoms with Crippen molar-refractivity contribution in [3.63, 3.8) is 0 Å². The van der Waals surface area contributed by atoms with Gasteiger partial charge in [0.15, 0.2) is 26.7 Å². The highest BCUT2D eigenvalue weighted by Crippen LogP contribution is 2.26. The van der Waals surface area contributed by atoms with Crippen LogP contribution in [0.25, 0.3) is 22.5 Å². The Hall–Kier alpha value is -3.48. The molecule has 3 heterocycles. The lowest BCUT2D eigenvalue weighted by Crippen LogP contribution is -2.51. The molecule has 3 aromatic rings. The zero-order chi connectivity index (χ0) is 27.3. The van der Waals surface area contributed by atoms with Crippen molar-refractivity contribution in [2.45, 2.75) is 50.2 Å². The van der Waals surface area contributed by atoms with Crippen molar-refractivity contribution in [3.05, 3.63) is 71.2 Å². The number of aromatic nitrogens is 3. The van der Waals surface area contributed by atoms with E-state index >= 15 is 4.39 Å². The molecule has 1 saturated heterocycles. The predicted octanol–water partition coefficient (Wildman–Crippen LogP) is 2.88. The Morgan fingerprint density at radius 3 is 2.53 bits per heavy atom. The second-order valence-corrected chi connectivity index (χ2v) is 11.8. The first kappa shape index (κ1) is 27.6. The van der Waals surface area contributed by atoms with Crippen molar-refractivity contribution >= 4 is 15.7 Å². The number of halogens is 1. The molecule has 202 valence electrons. The molecule has 1 aromatic carbocycles. The molecule has 0 aliphatic carbocycles. The third-order valence-corrected chi connectivity index (χ3v) is 8.67. The number of sulfone groups is 1. The summed E-state index contributed by atoms with van der Waals surface area (Å²) in [5.74, 6) is -1.04. The van der Waals surface area contributed by atoms with Crippen molar-refractivity contribution in [1.82, 2.24) is 20.0 Å². The van der Waals surface area contributed by atoms with Crippen LogP contribution in [0.1, 0.15) is 32.6 Å². The number of hydroxylamine groups is 1. The number of carbonyl (C=O) groups excluding carboxylic acids is 1. The molecule has 4 rings (SSSR count). The molecule has 38 heavy (non-hydrogen) atoms. The summed E-state index contributed by atoms with van der Waals surface area (Å²) in [6.07, 6.45) is 6.55. The molecule has 10 nitrogen and oxygen atoms in total. The van der Waals surface area contributed by atoms with Crippen LogP contribution in [-0.4, -0.2) is 52.8 Å². The van der Waals surface area contributed by atoms with Gasteiger partial charge in [-0.1, -0.05) is 24.3 Å². The highest BCUT2D eigenvalue weighted by Gasteiger charge is 2.44. The average Bonchev–Trinajstić information content (AvgIpc) is 2.92. The predicted molar refractivity (Wildman–Crippen MR) is 138 cm³/mol. The van der Waals surface area contributed by atoms with Gasteiger partial charge in [0, 0.05) is 61.6 Å². The largest absolute Gasteiger partial charge is 0.350 e. The quantitative estimate of drug-likeness (QED) is 0.407. The van der Waals surface area contributed by atoms with Gasteiger partial charge in [-0.3, -0.25) is 9.59 Å². The van der Waals surface area contributed by atoms with Gasteiger partial charge in [0.25, 0.3) is 11.5 Å². The molecule has 0 saturated carbocycles. The molecule has 2 aromatic heterocycles. The number of nitrogens with one attached hydrogen (secondary N) is 1.